The van der Waals surface area contributed by atoms with E-state index in [9.17, 15) is 4.79 Å². The van der Waals surface area contributed by atoms with E-state index in [2.05, 4.69) is 42.2 Å². The highest BCUT2D eigenvalue weighted by molar-refractivity contribution is 7.71. The van der Waals surface area contributed by atoms with E-state index in [1.165, 1.54) is 11.1 Å². The van der Waals surface area contributed by atoms with Crippen LogP contribution < -0.4 is 0 Å². The molecule has 7 heteroatoms. The predicted molar refractivity (Wildman–Crippen MR) is 103 cm³/mol. The smallest absolute Gasteiger partial charge is 0.242 e. The van der Waals surface area contributed by atoms with Gasteiger partial charge in [0, 0.05) is 13.6 Å². The minimum absolute atomic E-state index is 0.00437. The normalized spacial score (nSPS) is 10.8. The largest absolute Gasteiger partial charge is 0.340 e. The van der Waals surface area contributed by atoms with E-state index in [0.29, 0.717) is 17.1 Å². The fourth-order valence-corrected chi connectivity index (χ4v) is 3.60. The van der Waals surface area contributed by atoms with E-state index < -0.39 is 0 Å². The number of hydrogen-bond donors (Lipinski definition) is 1. The number of nitrogens with one attached hydrogen (secondary N) is 1. The maximum Gasteiger partial charge on any atom is 0.242 e. The van der Waals surface area contributed by atoms with Gasteiger partial charge in [0.2, 0.25) is 5.91 Å². The Bertz CT molecular complexity index is 940. The Morgan fingerprint density at radius 1 is 1.36 bits per heavy atom. The molecule has 1 amide bonds. The average molecular weight is 373 g/mol. The van der Waals surface area contributed by atoms with Gasteiger partial charge in [-0.05, 0) is 48.6 Å². The number of aromatic amines is 1. The zero-order valence-electron chi connectivity index (χ0n) is 14.4. The van der Waals surface area contributed by atoms with E-state index in [-0.39, 0.29) is 12.5 Å². The lowest BCUT2D eigenvalue weighted by atomic mass is 10.1. The van der Waals surface area contributed by atoms with Crippen LogP contribution in [-0.4, -0.2) is 32.6 Å². The molecule has 0 atom stereocenters. The number of hydrogen-bond acceptors (Lipinski definition) is 4. The first-order chi connectivity index (χ1) is 12.0. The van der Waals surface area contributed by atoms with Crippen LogP contribution in [0, 0.1) is 18.6 Å². The van der Waals surface area contributed by atoms with Gasteiger partial charge in [-0.3, -0.25) is 14.5 Å². The van der Waals surface area contributed by atoms with Crippen LogP contribution in [0.3, 0.4) is 0 Å². The molecular formula is C18H20N4OS2. The third-order valence-corrected chi connectivity index (χ3v) is 5.30. The molecule has 0 unspecified atom stereocenters. The number of likely N-dealkylation sites (N-methyl/N-ethyl adjacent to an activating group) is 1. The quantitative estimate of drug-likeness (QED) is 0.690. The predicted octanol–water partition coefficient (Wildman–Crippen LogP) is 3.94. The summed E-state index contributed by atoms with van der Waals surface area (Å²) >= 11 is 6.87. The van der Waals surface area contributed by atoms with Crippen molar-refractivity contribution < 1.29 is 4.79 Å². The molecule has 1 aromatic carbocycles. The maximum absolute atomic E-state index is 12.7. The van der Waals surface area contributed by atoms with Crippen molar-refractivity contribution in [3.8, 4) is 10.7 Å². The van der Waals surface area contributed by atoms with Crippen LogP contribution >= 0.6 is 23.6 Å². The summed E-state index contributed by atoms with van der Waals surface area (Å²) in [6.07, 6.45) is 0. The highest BCUT2D eigenvalue weighted by Gasteiger charge is 2.16. The molecule has 3 rings (SSSR count). The molecule has 0 aliphatic rings. The number of aryl methyl sites for hydroxylation is 2. The number of carbonyl (C=O) groups excluding carboxylic acids is 1. The first-order valence-corrected chi connectivity index (χ1v) is 9.23. The lowest BCUT2D eigenvalue weighted by Crippen LogP contribution is -2.30. The molecule has 0 radical (unpaired) electrons. The average Bonchev–Trinajstić information content (AvgIpc) is 3.20. The van der Waals surface area contributed by atoms with E-state index in [0.717, 1.165) is 10.4 Å². The standard InChI is InChI=1S/C18H20N4OS2/c1-12-6-7-14(13(2)9-12)10-21(3)16(23)11-22-17(19-20-18(22)24)15-5-4-8-25-15/h4-9H,10-11H2,1-3H3,(H,20,24). The third kappa shape index (κ3) is 3.88. The van der Waals surface area contributed by atoms with Crippen molar-refractivity contribution in [2.45, 2.75) is 26.9 Å². The second-order valence-corrected chi connectivity index (χ2v) is 7.43. The summed E-state index contributed by atoms with van der Waals surface area (Å²) in [4.78, 5) is 15.4. The van der Waals surface area contributed by atoms with Crippen molar-refractivity contribution >= 4 is 29.5 Å². The van der Waals surface area contributed by atoms with E-state index >= 15 is 0 Å². The molecule has 2 heterocycles. The van der Waals surface area contributed by atoms with Gasteiger partial charge in [0.1, 0.15) is 6.54 Å². The van der Waals surface area contributed by atoms with Gasteiger partial charge in [0.25, 0.3) is 0 Å². The van der Waals surface area contributed by atoms with Gasteiger partial charge < -0.3 is 4.90 Å². The summed E-state index contributed by atoms with van der Waals surface area (Å²) in [7, 11) is 1.82. The molecule has 3 aromatic rings. The van der Waals surface area contributed by atoms with Crippen molar-refractivity contribution in [3.05, 3.63) is 57.2 Å². The first kappa shape index (κ1) is 17.6. The van der Waals surface area contributed by atoms with Gasteiger partial charge in [0.05, 0.1) is 4.88 Å². The Morgan fingerprint density at radius 3 is 2.84 bits per heavy atom. The molecule has 5 nitrogen and oxygen atoms in total. The topological polar surface area (TPSA) is 53.9 Å². The zero-order valence-corrected chi connectivity index (χ0v) is 16.1. The molecule has 0 aliphatic heterocycles. The molecule has 0 spiro atoms. The monoisotopic (exact) mass is 372 g/mol. The molecule has 0 saturated heterocycles. The molecule has 0 bridgehead atoms. The molecule has 0 saturated carbocycles. The van der Waals surface area contributed by atoms with Crippen molar-refractivity contribution in [2.24, 2.45) is 0 Å². The van der Waals surface area contributed by atoms with Crippen molar-refractivity contribution in [3.63, 3.8) is 0 Å². The Kier molecular flexibility index (Phi) is 5.15. The minimum atomic E-state index is -0.00437. The second-order valence-electron chi connectivity index (χ2n) is 6.10. The molecule has 130 valence electrons. The Balaban J connectivity index is 1.76. The Hall–Kier alpha value is -2.25. The minimum Gasteiger partial charge on any atom is -0.340 e. The van der Waals surface area contributed by atoms with E-state index in [4.69, 9.17) is 12.2 Å². The first-order valence-electron chi connectivity index (χ1n) is 7.95. The molecule has 0 fully saturated rings. The highest BCUT2D eigenvalue weighted by atomic mass is 32.1. The lowest BCUT2D eigenvalue weighted by Gasteiger charge is -2.19. The van der Waals surface area contributed by atoms with Gasteiger partial charge in [-0.15, -0.1) is 11.3 Å². The van der Waals surface area contributed by atoms with Crippen LogP contribution in [0.25, 0.3) is 10.7 Å². The maximum atomic E-state index is 12.7. The number of nitrogens with zero attached hydrogens (tertiary/aromatic N) is 3. The molecule has 25 heavy (non-hydrogen) atoms. The number of benzene rings is 1. The number of carbonyl (C=O) groups is 1. The Labute approximate surface area is 155 Å². The number of thiophene rings is 1. The van der Waals surface area contributed by atoms with Gasteiger partial charge in [-0.2, -0.15) is 5.10 Å². The molecule has 2 aromatic heterocycles. The van der Waals surface area contributed by atoms with Crippen LogP contribution in [0.2, 0.25) is 0 Å². The number of amides is 1. The van der Waals surface area contributed by atoms with E-state index in [1.54, 1.807) is 20.8 Å². The summed E-state index contributed by atoms with van der Waals surface area (Å²) in [5.74, 6) is 0.698. The highest BCUT2D eigenvalue weighted by Crippen LogP contribution is 2.23. The van der Waals surface area contributed by atoms with E-state index in [1.807, 2.05) is 24.6 Å². The summed E-state index contributed by atoms with van der Waals surface area (Å²) < 4.78 is 2.21. The Morgan fingerprint density at radius 2 is 2.16 bits per heavy atom. The van der Waals surface area contributed by atoms with Crippen LogP contribution in [0.1, 0.15) is 16.7 Å². The van der Waals surface area contributed by atoms with Crippen LogP contribution in [0.5, 0.6) is 0 Å². The van der Waals surface area contributed by atoms with Crippen LogP contribution in [0.4, 0.5) is 0 Å². The van der Waals surface area contributed by atoms with Crippen LogP contribution in [-0.2, 0) is 17.9 Å². The van der Waals surface area contributed by atoms with Crippen molar-refractivity contribution in [1.82, 2.24) is 19.7 Å². The zero-order chi connectivity index (χ0) is 18.0. The van der Waals surface area contributed by atoms with Crippen molar-refractivity contribution in [2.75, 3.05) is 7.05 Å². The van der Waals surface area contributed by atoms with Crippen molar-refractivity contribution in [1.29, 1.82) is 0 Å². The fourth-order valence-electron chi connectivity index (χ4n) is 2.68. The fraction of sp³-hybridized carbons (Fsp3) is 0.278. The molecule has 1 N–H and O–H groups in total. The number of H-pyrrole nitrogens is 1. The summed E-state index contributed by atoms with van der Waals surface area (Å²) in [6, 6.07) is 10.2. The van der Waals surface area contributed by atoms with Gasteiger partial charge in [-0.25, -0.2) is 0 Å². The van der Waals surface area contributed by atoms with Crippen LogP contribution in [0.15, 0.2) is 35.7 Å². The van der Waals surface area contributed by atoms with Gasteiger partial charge in [-0.1, -0.05) is 29.8 Å². The van der Waals surface area contributed by atoms with Gasteiger partial charge in [0.15, 0.2) is 10.6 Å². The number of aromatic nitrogens is 3. The number of rotatable bonds is 5. The third-order valence-electron chi connectivity index (χ3n) is 4.12. The molecular weight excluding hydrogens is 352 g/mol. The molecule has 0 aliphatic carbocycles. The lowest BCUT2D eigenvalue weighted by molar-refractivity contribution is -0.131. The van der Waals surface area contributed by atoms with Gasteiger partial charge >= 0.3 is 0 Å². The summed E-state index contributed by atoms with van der Waals surface area (Å²) in [5.41, 5.74) is 3.56. The summed E-state index contributed by atoms with van der Waals surface area (Å²) in [6.45, 7) is 4.88. The second kappa shape index (κ2) is 7.33. The SMILES string of the molecule is Cc1ccc(CN(C)C(=O)Cn2c(-c3cccs3)n[nH]c2=S)c(C)c1. The summed E-state index contributed by atoms with van der Waals surface area (Å²) in [5, 5.41) is 9.03.